The summed E-state index contributed by atoms with van der Waals surface area (Å²) >= 11 is 0. The van der Waals surface area contributed by atoms with Crippen LogP contribution in [0.5, 0.6) is 5.75 Å². The molecule has 5 heteroatoms. The number of hydrogen-bond acceptors (Lipinski definition) is 1. The van der Waals surface area contributed by atoms with Crippen molar-refractivity contribution >= 4 is 11.8 Å². The molecule has 1 aliphatic carbocycles. The molecule has 0 spiro atoms. The molecule has 0 fully saturated rings. The highest BCUT2D eigenvalue weighted by atomic mass is 19.2. The Morgan fingerprint density at radius 1 is 0.783 bits per heavy atom. The molecule has 0 bridgehead atoms. The van der Waals surface area contributed by atoms with Crippen molar-refractivity contribution in [3.63, 3.8) is 0 Å². The predicted octanol–water partition coefficient (Wildman–Crippen LogP) is 5.01. The van der Waals surface area contributed by atoms with Crippen molar-refractivity contribution in [3.8, 4) is 5.75 Å². The summed E-state index contributed by atoms with van der Waals surface area (Å²) in [5.41, 5.74) is 2.06. The predicted molar refractivity (Wildman–Crippen MR) is 77.6 cm³/mol. The van der Waals surface area contributed by atoms with Crippen molar-refractivity contribution in [3.05, 3.63) is 75.9 Å². The van der Waals surface area contributed by atoms with Gasteiger partial charge in [-0.1, -0.05) is 30.3 Å². The fourth-order valence-corrected chi connectivity index (χ4v) is 2.96. The third kappa shape index (κ3) is 2.00. The van der Waals surface area contributed by atoms with Gasteiger partial charge in [-0.25, -0.2) is 13.2 Å². The van der Waals surface area contributed by atoms with Gasteiger partial charge in [0.25, 0.3) is 0 Å². The fourth-order valence-electron chi connectivity index (χ4n) is 2.96. The minimum Gasteiger partial charge on any atom is -0.452 e. The van der Waals surface area contributed by atoms with E-state index in [0.29, 0.717) is 12.2 Å². The Morgan fingerprint density at radius 3 is 2.35 bits per heavy atom. The average molecular weight is 318 g/mol. The van der Waals surface area contributed by atoms with Gasteiger partial charge in [-0.3, -0.25) is 0 Å². The van der Waals surface area contributed by atoms with Crippen molar-refractivity contribution in [2.45, 2.75) is 12.8 Å². The maximum Gasteiger partial charge on any atom is 0.205 e. The molecule has 1 nitrogen and oxygen atoms in total. The standard InChI is InChI=1S/C18H10F4O/c19-13-12-8-7-10-6-5-9-3-1-2-4-11(9)17(10)23-18(12)16(22)15(21)14(13)20/h1-4,7-8H,5-6H2. The second kappa shape index (κ2) is 4.98. The normalized spacial score (nSPS) is 15.5. The largest absolute Gasteiger partial charge is 0.452 e. The van der Waals surface area contributed by atoms with Crippen molar-refractivity contribution in [2.75, 3.05) is 0 Å². The minimum absolute atomic E-state index is 0.353. The molecule has 0 radical (unpaired) electrons. The molecular formula is C18H10F4O. The van der Waals surface area contributed by atoms with Crippen molar-refractivity contribution in [2.24, 2.45) is 0 Å². The van der Waals surface area contributed by atoms with Crippen LogP contribution >= 0.6 is 0 Å². The summed E-state index contributed by atoms with van der Waals surface area (Å²) in [6.45, 7) is 0. The summed E-state index contributed by atoms with van der Waals surface area (Å²) in [6.07, 6.45) is 4.17. The first-order valence-corrected chi connectivity index (χ1v) is 7.11. The third-order valence-electron chi connectivity index (χ3n) is 4.13. The van der Waals surface area contributed by atoms with E-state index >= 15 is 0 Å². The van der Waals surface area contributed by atoms with Crippen LogP contribution in [0.15, 0.2) is 35.9 Å². The molecule has 2 aliphatic rings. The lowest BCUT2D eigenvalue weighted by molar-refractivity contribution is 0.376. The van der Waals surface area contributed by atoms with E-state index in [2.05, 4.69) is 0 Å². The second-order valence-electron chi connectivity index (χ2n) is 5.45. The van der Waals surface area contributed by atoms with Gasteiger partial charge in [-0.2, -0.15) is 4.39 Å². The third-order valence-corrected chi connectivity index (χ3v) is 4.13. The first-order chi connectivity index (χ1) is 11.1. The molecule has 2 aromatic carbocycles. The number of benzene rings is 2. The highest BCUT2D eigenvalue weighted by Gasteiger charge is 2.30. The maximum atomic E-state index is 14.1. The number of rotatable bonds is 0. The maximum absolute atomic E-state index is 14.1. The van der Waals surface area contributed by atoms with Gasteiger partial charge in [0.1, 0.15) is 5.76 Å². The highest BCUT2D eigenvalue weighted by molar-refractivity contribution is 5.77. The van der Waals surface area contributed by atoms with E-state index in [1.54, 1.807) is 18.2 Å². The van der Waals surface area contributed by atoms with Crippen LogP contribution in [0.4, 0.5) is 17.6 Å². The number of hydrogen-bond donors (Lipinski definition) is 0. The molecule has 23 heavy (non-hydrogen) atoms. The van der Waals surface area contributed by atoms with E-state index in [4.69, 9.17) is 4.74 Å². The Balaban J connectivity index is 1.95. The molecular weight excluding hydrogens is 308 g/mol. The van der Waals surface area contributed by atoms with Gasteiger partial charge in [-0.15, -0.1) is 0 Å². The van der Waals surface area contributed by atoms with E-state index < -0.39 is 34.6 Å². The zero-order valence-electron chi connectivity index (χ0n) is 11.8. The number of halogens is 4. The van der Waals surface area contributed by atoms with Crippen molar-refractivity contribution in [1.29, 1.82) is 0 Å². The van der Waals surface area contributed by atoms with Gasteiger partial charge >= 0.3 is 0 Å². The van der Waals surface area contributed by atoms with Gasteiger partial charge in [0.15, 0.2) is 17.4 Å². The zero-order valence-corrected chi connectivity index (χ0v) is 11.8. The second-order valence-corrected chi connectivity index (χ2v) is 5.45. The van der Waals surface area contributed by atoms with E-state index in [1.807, 2.05) is 12.1 Å². The van der Waals surface area contributed by atoms with Crippen molar-refractivity contribution < 1.29 is 22.3 Å². The summed E-state index contributed by atoms with van der Waals surface area (Å²) in [5.74, 6) is -6.97. The number of fused-ring (bicyclic) bond motifs is 3. The van der Waals surface area contributed by atoms with Crippen LogP contribution in [0.1, 0.15) is 23.1 Å². The fraction of sp³-hybridized carbons (Fsp3) is 0.111. The monoisotopic (exact) mass is 318 g/mol. The number of aryl methyl sites for hydroxylation is 1. The van der Waals surface area contributed by atoms with Crippen LogP contribution in [-0.2, 0) is 6.42 Å². The highest BCUT2D eigenvalue weighted by Crippen LogP contribution is 2.41. The number of ether oxygens (including phenoxy) is 1. The Labute approximate surface area is 129 Å². The zero-order chi connectivity index (χ0) is 16.1. The SMILES string of the molecule is Fc1c(F)c(F)c2c(c1F)C=CC1=C(O2)c2ccccc2CC1. The summed E-state index contributed by atoms with van der Waals surface area (Å²) in [6, 6.07) is 7.40. The molecule has 0 amide bonds. The average Bonchev–Trinajstić information content (AvgIpc) is 2.78. The topological polar surface area (TPSA) is 9.23 Å². The lowest BCUT2D eigenvalue weighted by Crippen LogP contribution is -2.10. The van der Waals surface area contributed by atoms with Crippen LogP contribution in [-0.4, -0.2) is 0 Å². The Hall–Kier alpha value is -2.56. The smallest absolute Gasteiger partial charge is 0.205 e. The van der Waals surface area contributed by atoms with E-state index in [-0.39, 0.29) is 0 Å². The molecule has 0 atom stereocenters. The molecule has 0 aromatic heterocycles. The molecule has 2 aromatic rings. The Kier molecular flexibility index (Phi) is 3.04. The van der Waals surface area contributed by atoms with Gasteiger partial charge in [0, 0.05) is 5.56 Å². The quantitative estimate of drug-likeness (QED) is 0.377. The van der Waals surface area contributed by atoms with Crippen LogP contribution in [0.25, 0.3) is 11.8 Å². The van der Waals surface area contributed by atoms with Gasteiger partial charge in [-0.05, 0) is 30.1 Å². The van der Waals surface area contributed by atoms with Crippen LogP contribution in [0.3, 0.4) is 0 Å². The van der Waals surface area contributed by atoms with Crippen LogP contribution < -0.4 is 4.74 Å². The van der Waals surface area contributed by atoms with Crippen molar-refractivity contribution in [1.82, 2.24) is 0 Å². The Morgan fingerprint density at radius 2 is 1.52 bits per heavy atom. The molecule has 1 aliphatic heterocycles. The molecule has 0 saturated heterocycles. The van der Waals surface area contributed by atoms with Gasteiger partial charge < -0.3 is 4.74 Å². The minimum atomic E-state index is -1.87. The molecule has 116 valence electrons. The Bertz CT molecular complexity index is 896. The van der Waals surface area contributed by atoms with Crippen LogP contribution in [0, 0.1) is 23.3 Å². The molecule has 1 heterocycles. The van der Waals surface area contributed by atoms with E-state index in [0.717, 1.165) is 23.1 Å². The molecule has 0 saturated carbocycles. The summed E-state index contributed by atoms with van der Waals surface area (Å²) in [4.78, 5) is 0. The molecule has 0 unspecified atom stereocenters. The lowest BCUT2D eigenvalue weighted by Gasteiger charge is -2.21. The number of allylic oxidation sites excluding steroid dienone is 2. The van der Waals surface area contributed by atoms with Gasteiger partial charge in [0.05, 0.1) is 5.56 Å². The first kappa shape index (κ1) is 14.1. The molecule has 0 N–H and O–H groups in total. The summed E-state index contributed by atoms with van der Waals surface area (Å²) in [7, 11) is 0. The lowest BCUT2D eigenvalue weighted by atomic mass is 9.90. The van der Waals surface area contributed by atoms with Gasteiger partial charge in [0.2, 0.25) is 11.6 Å². The summed E-state index contributed by atoms with van der Waals surface area (Å²) in [5, 5.41) is 0. The molecule has 4 rings (SSSR count). The van der Waals surface area contributed by atoms with E-state index in [9.17, 15) is 17.6 Å². The van der Waals surface area contributed by atoms with E-state index in [1.165, 1.54) is 6.08 Å². The first-order valence-electron chi connectivity index (χ1n) is 7.11. The summed E-state index contributed by atoms with van der Waals surface area (Å²) < 4.78 is 60.5. The van der Waals surface area contributed by atoms with Crippen LogP contribution in [0.2, 0.25) is 0 Å².